The molecule has 94 valence electrons. The van der Waals surface area contributed by atoms with Crippen LogP contribution >= 0.6 is 39.0 Å². The Balaban J connectivity index is 1.82. The second kappa shape index (κ2) is 5.76. The minimum atomic E-state index is 0.632. The second-order valence-electron chi connectivity index (χ2n) is 4.43. The maximum Gasteiger partial charge on any atom is 0.106 e. The summed E-state index contributed by atoms with van der Waals surface area (Å²) in [5.41, 5.74) is 2.33. The molecule has 1 aromatic heterocycles. The van der Waals surface area contributed by atoms with E-state index in [9.17, 15) is 0 Å². The molecule has 0 spiro atoms. The Bertz CT molecular complexity index is 515. The van der Waals surface area contributed by atoms with E-state index in [-0.39, 0.29) is 0 Å². The van der Waals surface area contributed by atoms with Crippen molar-refractivity contribution in [2.45, 2.75) is 24.5 Å². The van der Waals surface area contributed by atoms with Gasteiger partial charge in [0.1, 0.15) is 5.01 Å². The third-order valence-electron chi connectivity index (χ3n) is 3.12. The van der Waals surface area contributed by atoms with Crippen LogP contribution in [0, 0.1) is 0 Å². The molecule has 1 aliphatic rings. The molecule has 0 N–H and O–H groups in total. The van der Waals surface area contributed by atoms with Gasteiger partial charge in [-0.15, -0.1) is 11.3 Å². The van der Waals surface area contributed by atoms with Crippen molar-refractivity contribution < 1.29 is 0 Å². The molecule has 4 heteroatoms. The van der Waals surface area contributed by atoms with Crippen molar-refractivity contribution in [1.82, 2.24) is 4.98 Å². The summed E-state index contributed by atoms with van der Waals surface area (Å²) in [7, 11) is 0. The molecule has 1 aromatic carbocycles. The molecule has 0 aliphatic carbocycles. The number of hydrogen-bond acceptors (Lipinski definition) is 3. The molecule has 1 saturated heterocycles. The molecular formula is C14H14BrNS2. The van der Waals surface area contributed by atoms with E-state index in [0.717, 1.165) is 10.2 Å². The molecule has 1 fully saturated rings. The van der Waals surface area contributed by atoms with Crippen LogP contribution in [-0.4, -0.2) is 10.7 Å². The Morgan fingerprint density at radius 1 is 1.17 bits per heavy atom. The van der Waals surface area contributed by atoms with Gasteiger partial charge in [0.2, 0.25) is 0 Å². The Morgan fingerprint density at radius 3 is 2.72 bits per heavy atom. The largest absolute Gasteiger partial charge is 0.240 e. The summed E-state index contributed by atoms with van der Waals surface area (Å²) in [4.78, 5) is 4.82. The van der Waals surface area contributed by atoms with Crippen LogP contribution in [0.5, 0.6) is 0 Å². The van der Waals surface area contributed by atoms with E-state index in [2.05, 4.69) is 57.3 Å². The third-order valence-corrected chi connectivity index (χ3v) is 6.14. The fourth-order valence-electron chi connectivity index (χ4n) is 2.12. The van der Waals surface area contributed by atoms with Crippen LogP contribution in [0.2, 0.25) is 0 Å². The summed E-state index contributed by atoms with van der Waals surface area (Å²) < 4.78 is 1.12. The second-order valence-corrected chi connectivity index (χ2v) is 7.55. The molecule has 0 amide bonds. The Hall–Kier alpha value is -0.320. The molecule has 0 saturated carbocycles. The van der Waals surface area contributed by atoms with Crippen LogP contribution in [0.15, 0.2) is 34.1 Å². The van der Waals surface area contributed by atoms with Crippen LogP contribution in [-0.2, 0) is 0 Å². The highest BCUT2D eigenvalue weighted by molar-refractivity contribution is 9.10. The molecular weight excluding hydrogens is 326 g/mol. The van der Waals surface area contributed by atoms with Crippen LogP contribution < -0.4 is 0 Å². The first-order chi connectivity index (χ1) is 8.83. The van der Waals surface area contributed by atoms with Gasteiger partial charge in [0.05, 0.1) is 10.9 Å². The fraction of sp³-hybridized carbons (Fsp3) is 0.357. The highest BCUT2D eigenvalue weighted by Crippen LogP contribution is 2.40. The lowest BCUT2D eigenvalue weighted by Gasteiger charge is -2.18. The maximum absolute atomic E-state index is 4.82. The number of halogens is 1. The molecule has 1 aliphatic heterocycles. The smallest absolute Gasteiger partial charge is 0.106 e. The molecule has 1 atom stereocenters. The SMILES string of the molecule is Brc1ccc(-c2csc(C3CCCCS3)n2)cc1. The number of rotatable bonds is 2. The maximum atomic E-state index is 4.82. The van der Waals surface area contributed by atoms with Gasteiger partial charge in [0.15, 0.2) is 0 Å². The Morgan fingerprint density at radius 2 is 2.00 bits per heavy atom. The number of aromatic nitrogens is 1. The summed E-state index contributed by atoms with van der Waals surface area (Å²) in [6.07, 6.45) is 4.01. The summed E-state index contributed by atoms with van der Waals surface area (Å²) >= 11 is 7.34. The molecule has 0 radical (unpaired) electrons. The summed E-state index contributed by atoms with van der Waals surface area (Å²) in [6, 6.07) is 8.39. The average molecular weight is 340 g/mol. The standard InChI is InChI=1S/C14H14BrNS2/c15-11-6-4-10(5-7-11)12-9-18-14(16-12)13-3-1-2-8-17-13/h4-7,9,13H,1-3,8H2. The first kappa shape index (κ1) is 12.7. The summed E-state index contributed by atoms with van der Waals surface area (Å²) in [5.74, 6) is 1.29. The van der Waals surface area contributed by atoms with E-state index in [4.69, 9.17) is 4.98 Å². The van der Waals surface area contributed by atoms with E-state index >= 15 is 0 Å². The Kier molecular flexibility index (Phi) is 4.07. The van der Waals surface area contributed by atoms with Crippen LogP contribution in [0.1, 0.15) is 29.5 Å². The topological polar surface area (TPSA) is 12.9 Å². The predicted molar refractivity (Wildman–Crippen MR) is 84.3 cm³/mol. The first-order valence-electron chi connectivity index (χ1n) is 6.16. The van der Waals surface area contributed by atoms with Gasteiger partial charge in [0.25, 0.3) is 0 Å². The predicted octanol–water partition coefficient (Wildman–Crippen LogP) is 5.53. The molecule has 0 bridgehead atoms. The van der Waals surface area contributed by atoms with Gasteiger partial charge in [-0.25, -0.2) is 4.98 Å². The molecule has 3 rings (SSSR count). The van der Waals surface area contributed by atoms with Gasteiger partial charge in [0, 0.05) is 15.4 Å². The number of nitrogens with zero attached hydrogens (tertiary/aromatic N) is 1. The minimum absolute atomic E-state index is 0.632. The van der Waals surface area contributed by atoms with Crippen molar-refractivity contribution in [1.29, 1.82) is 0 Å². The first-order valence-corrected chi connectivity index (χ1v) is 8.88. The van der Waals surface area contributed by atoms with Gasteiger partial charge in [-0.1, -0.05) is 34.5 Å². The van der Waals surface area contributed by atoms with Crippen molar-refractivity contribution >= 4 is 39.0 Å². The van der Waals surface area contributed by atoms with E-state index in [0.29, 0.717) is 5.25 Å². The molecule has 1 unspecified atom stereocenters. The van der Waals surface area contributed by atoms with Crippen LogP contribution in [0.25, 0.3) is 11.3 Å². The molecule has 1 nitrogen and oxygen atoms in total. The highest BCUT2D eigenvalue weighted by Gasteiger charge is 2.19. The molecule has 2 heterocycles. The van der Waals surface area contributed by atoms with Gasteiger partial charge < -0.3 is 0 Å². The fourth-order valence-corrected chi connectivity index (χ4v) is 4.79. The van der Waals surface area contributed by atoms with Crippen molar-refractivity contribution in [3.8, 4) is 11.3 Å². The lowest BCUT2D eigenvalue weighted by molar-refractivity contribution is 0.684. The quantitative estimate of drug-likeness (QED) is 0.713. The van der Waals surface area contributed by atoms with Crippen molar-refractivity contribution in [3.63, 3.8) is 0 Å². The Labute approximate surface area is 124 Å². The van der Waals surface area contributed by atoms with E-state index in [1.165, 1.54) is 35.6 Å². The van der Waals surface area contributed by atoms with Crippen LogP contribution in [0.3, 0.4) is 0 Å². The number of hydrogen-bond donors (Lipinski definition) is 0. The van der Waals surface area contributed by atoms with E-state index in [1.54, 1.807) is 0 Å². The van der Waals surface area contributed by atoms with Gasteiger partial charge >= 0.3 is 0 Å². The van der Waals surface area contributed by atoms with E-state index < -0.39 is 0 Å². The zero-order chi connectivity index (χ0) is 12.4. The van der Waals surface area contributed by atoms with Gasteiger partial charge in [-0.2, -0.15) is 11.8 Å². The monoisotopic (exact) mass is 339 g/mol. The number of thioether (sulfide) groups is 1. The van der Waals surface area contributed by atoms with Crippen molar-refractivity contribution in [2.75, 3.05) is 5.75 Å². The van der Waals surface area contributed by atoms with Gasteiger partial charge in [-0.05, 0) is 30.7 Å². The average Bonchev–Trinajstić information content (AvgIpc) is 2.90. The minimum Gasteiger partial charge on any atom is -0.240 e. The van der Waals surface area contributed by atoms with Gasteiger partial charge in [-0.3, -0.25) is 0 Å². The number of benzene rings is 1. The van der Waals surface area contributed by atoms with Crippen LogP contribution in [0.4, 0.5) is 0 Å². The summed E-state index contributed by atoms with van der Waals surface area (Å²) in [6.45, 7) is 0. The lowest BCUT2D eigenvalue weighted by atomic mass is 10.2. The molecule has 18 heavy (non-hydrogen) atoms. The highest BCUT2D eigenvalue weighted by atomic mass is 79.9. The normalized spacial score (nSPS) is 19.9. The zero-order valence-electron chi connectivity index (χ0n) is 9.93. The zero-order valence-corrected chi connectivity index (χ0v) is 13.2. The lowest BCUT2D eigenvalue weighted by Crippen LogP contribution is -2.01. The third kappa shape index (κ3) is 2.81. The molecule has 2 aromatic rings. The van der Waals surface area contributed by atoms with Crippen molar-refractivity contribution in [2.24, 2.45) is 0 Å². The van der Waals surface area contributed by atoms with E-state index in [1.807, 2.05) is 11.3 Å². The number of thiazole rings is 1. The van der Waals surface area contributed by atoms with Crippen molar-refractivity contribution in [3.05, 3.63) is 39.1 Å². The summed E-state index contributed by atoms with van der Waals surface area (Å²) in [5, 5.41) is 4.12.